The molecule has 13 atom stereocenters. The van der Waals surface area contributed by atoms with Crippen LogP contribution in [-0.4, -0.2) is 229 Å². The van der Waals surface area contributed by atoms with E-state index >= 15 is 0 Å². The van der Waals surface area contributed by atoms with Crippen LogP contribution in [0.15, 0.2) is 91.0 Å². The number of β-amino-alcohol motifs (C(OH)–C–C–N with tert-alkyl or cyclic N) is 1. The van der Waals surface area contributed by atoms with Gasteiger partial charge in [-0.2, -0.15) is 0 Å². The summed E-state index contributed by atoms with van der Waals surface area (Å²) in [6.45, 7) is 2.91. The van der Waals surface area contributed by atoms with Crippen molar-refractivity contribution in [3.8, 4) is 32.6 Å². The average molecular weight is 1360 g/mol. The van der Waals surface area contributed by atoms with E-state index in [0.29, 0.717) is 27.0 Å². The van der Waals surface area contributed by atoms with Crippen molar-refractivity contribution >= 4 is 70.0 Å². The van der Waals surface area contributed by atoms with Gasteiger partial charge in [0.15, 0.2) is 11.5 Å². The second-order valence-corrected chi connectivity index (χ2v) is 26.0. The zero-order valence-corrected chi connectivity index (χ0v) is 54.3. The van der Waals surface area contributed by atoms with E-state index in [1.54, 1.807) is 19.2 Å². The topological polar surface area (TPSA) is 427 Å². The minimum Gasteiger partial charge on any atom is -0.504 e. The number of hydrogen-bond donors (Lipinski definition) is 14. The number of nitrogens with zero attached hydrogens (tertiary/aromatic N) is 5. The Labute approximate surface area is 557 Å². The lowest BCUT2D eigenvalue weighted by Gasteiger charge is -2.42. The first kappa shape index (κ1) is 71.4. The number of phenols is 1. The van der Waals surface area contributed by atoms with Gasteiger partial charge in [0.25, 0.3) is 5.91 Å². The van der Waals surface area contributed by atoms with E-state index in [0.717, 1.165) is 59.5 Å². The van der Waals surface area contributed by atoms with Crippen LogP contribution in [0.3, 0.4) is 0 Å². The van der Waals surface area contributed by atoms with E-state index in [1.165, 1.54) is 48.6 Å². The van der Waals surface area contributed by atoms with E-state index in [-0.39, 0.29) is 55.3 Å². The molecule has 0 aliphatic carbocycles. The number of amides is 7. The van der Waals surface area contributed by atoms with Gasteiger partial charge in [0.2, 0.25) is 35.4 Å². The van der Waals surface area contributed by atoms with Crippen molar-refractivity contribution in [2.45, 2.75) is 137 Å². The number of phenolic OH excluding ortho intramolecular Hbond substituents is 1. The van der Waals surface area contributed by atoms with E-state index < -0.39 is 158 Å². The number of benzene rings is 4. The molecule has 28 nitrogen and oxygen atoms in total. The van der Waals surface area contributed by atoms with Gasteiger partial charge in [-0.25, -0.2) is 0 Å². The Morgan fingerprint density at radius 3 is 2.02 bits per heavy atom. The van der Waals surface area contributed by atoms with Crippen LogP contribution >= 0.6 is 22.9 Å². The van der Waals surface area contributed by atoms with E-state index in [1.807, 2.05) is 48.5 Å². The van der Waals surface area contributed by atoms with Gasteiger partial charge in [0.05, 0.1) is 48.8 Å². The number of methoxy groups -OCH3 is 1. The number of carbonyl (C=O) groups is 7. The van der Waals surface area contributed by atoms with Crippen molar-refractivity contribution in [3.63, 3.8) is 0 Å². The average Bonchev–Trinajstić information content (AvgIpc) is 1.78. The zero-order chi connectivity index (χ0) is 68.4. The Morgan fingerprint density at radius 2 is 1.39 bits per heavy atom. The maximum Gasteiger partial charge on any atom is 0.251 e. The van der Waals surface area contributed by atoms with Crippen LogP contribution in [0.5, 0.6) is 11.5 Å². The van der Waals surface area contributed by atoms with Crippen molar-refractivity contribution in [1.29, 1.82) is 0 Å². The third kappa shape index (κ3) is 16.8. The predicted octanol–water partition coefficient (Wildman–Crippen LogP) is -0.602. The van der Waals surface area contributed by atoms with Crippen LogP contribution < -0.4 is 47.7 Å². The maximum atomic E-state index is 14.8. The smallest absolute Gasteiger partial charge is 0.251 e. The number of ether oxygens (including phenoxy) is 2. The number of nitrogens with two attached hydrogens (primary N) is 2. The summed E-state index contributed by atoms with van der Waals surface area (Å²) in [5.41, 5.74) is 14.9. The highest BCUT2D eigenvalue weighted by molar-refractivity contribution is 7.17. The number of aromatic hydroxyl groups is 1. The lowest BCUT2D eigenvalue weighted by atomic mass is 9.84. The number of carbonyl (C=O) groups excluding carboxylic acids is 7. The molecule has 0 bridgehead atoms. The van der Waals surface area contributed by atoms with Crippen LogP contribution in [0.25, 0.3) is 21.1 Å². The molecule has 4 aromatic carbocycles. The summed E-state index contributed by atoms with van der Waals surface area (Å²) in [5.74, 6) is -8.62. The summed E-state index contributed by atoms with van der Waals surface area (Å²) >= 11 is 7.49. The van der Waals surface area contributed by atoms with Crippen LogP contribution in [-0.2, 0) is 45.5 Å². The molecule has 1 aromatic heterocycles. The molecule has 4 aliphatic heterocycles. The predicted molar refractivity (Wildman–Crippen MR) is 348 cm³/mol. The van der Waals surface area contributed by atoms with Crippen molar-refractivity contribution in [2.75, 3.05) is 64.4 Å². The number of aromatic nitrogens is 2. The highest BCUT2D eigenvalue weighted by atomic mass is 35.5. The molecule has 5 heterocycles. The van der Waals surface area contributed by atoms with Gasteiger partial charge < -0.3 is 98.0 Å². The highest BCUT2D eigenvalue weighted by Crippen LogP contribution is 2.39. The largest absolute Gasteiger partial charge is 0.504 e. The van der Waals surface area contributed by atoms with Gasteiger partial charge in [-0.05, 0) is 117 Å². The van der Waals surface area contributed by atoms with Crippen molar-refractivity contribution in [1.82, 2.24) is 46.6 Å². The molecule has 95 heavy (non-hydrogen) atoms. The zero-order valence-electron chi connectivity index (χ0n) is 52.8. The minimum absolute atomic E-state index is 0.00159. The Kier molecular flexibility index (Phi) is 23.8. The van der Waals surface area contributed by atoms with Crippen LogP contribution in [0.1, 0.15) is 73.9 Å². The number of anilines is 1. The monoisotopic (exact) mass is 1350 g/mol. The summed E-state index contributed by atoms with van der Waals surface area (Å²) in [6.07, 6.45) is -9.90. The Bertz CT molecular complexity index is 3510. The fourth-order valence-electron chi connectivity index (χ4n) is 12.4. The van der Waals surface area contributed by atoms with E-state index in [2.05, 4.69) is 41.7 Å². The summed E-state index contributed by atoms with van der Waals surface area (Å²) in [5, 5.41) is 102. The molecule has 30 heteroatoms. The number of aliphatic hydroxyl groups is 6. The van der Waals surface area contributed by atoms with Gasteiger partial charge in [-0.15, -0.1) is 10.2 Å². The number of rotatable bonds is 18. The lowest BCUT2D eigenvalue weighted by molar-refractivity contribution is -0.147. The molecule has 0 saturated carbocycles. The van der Waals surface area contributed by atoms with Crippen LogP contribution in [0.2, 0.25) is 5.02 Å². The van der Waals surface area contributed by atoms with Crippen molar-refractivity contribution in [3.05, 3.63) is 113 Å². The van der Waals surface area contributed by atoms with E-state index in [4.69, 9.17) is 32.5 Å². The quantitative estimate of drug-likeness (QED) is 0.0487. The molecule has 0 radical (unpaired) electrons. The van der Waals surface area contributed by atoms with E-state index in [9.17, 15) is 69.3 Å². The molecular weight excluding hydrogens is 1270 g/mol. The van der Waals surface area contributed by atoms with Crippen LogP contribution in [0, 0.1) is 5.92 Å². The fraction of sp³-hybridized carbons (Fsp3) is 0.492. The lowest BCUT2D eigenvalue weighted by Crippen LogP contribution is -2.64. The first-order chi connectivity index (χ1) is 45.4. The molecule has 0 spiro atoms. The number of piperidine rings is 1. The molecule has 4 saturated heterocycles. The molecule has 512 valence electrons. The second-order valence-electron chi connectivity index (χ2n) is 24.6. The van der Waals surface area contributed by atoms with Crippen molar-refractivity contribution in [2.24, 2.45) is 17.4 Å². The standard InChI is InChI=1S/C65H83ClN12O16S/c1-34-32-78-54(55(34)85)60(90)69-31-43(80)29-45(70-56(86)37-6-8-38(9-7-37)61-74-75-62(95-61)39-10-16-42(17-11-39)76-24-20-65(93-3,21-25-76)40-12-14-41(66)15-13-40)57(87)71-51(35(2)79)63(91)77-33-44(81)30-46(77)58(88)72-52(59(89)73-53(64(78)92)48(83)19-23-68)49(84)27-36-5-18-47(82)50(28-36)94-26-4-22-67/h5-18,28,34-35,43-46,48-49,51-55,79-85H,4,19-27,29-33,67-68H2,1-3H3,(H,69,90)(H,70,86)(H,71,87)(H,72,88)(H,73,89)/t34-,35+,43+,44+,45?,46-,48+,49+,51-,52-,53-,54-,55-/m0/s1. The van der Waals surface area contributed by atoms with Gasteiger partial charge in [0, 0.05) is 92.4 Å². The van der Waals surface area contributed by atoms with Gasteiger partial charge in [0.1, 0.15) is 46.3 Å². The summed E-state index contributed by atoms with van der Waals surface area (Å²) in [7, 11) is 1.73. The molecular formula is C65H83ClN12O16S. The molecule has 16 N–H and O–H groups in total. The Hall–Kier alpha value is -7.94. The molecule has 1 unspecified atom stereocenters. The fourth-order valence-corrected chi connectivity index (χ4v) is 13.4. The first-order valence-electron chi connectivity index (χ1n) is 31.6. The maximum absolute atomic E-state index is 14.8. The second kappa shape index (κ2) is 31.7. The highest BCUT2D eigenvalue weighted by Gasteiger charge is 2.50. The summed E-state index contributed by atoms with van der Waals surface area (Å²) in [6, 6.07) is 15.0. The van der Waals surface area contributed by atoms with Crippen molar-refractivity contribution < 1.29 is 78.8 Å². The molecule has 4 fully saturated rings. The SMILES string of the molecule is COC1(c2ccc(Cl)cc2)CCN(c2ccc(-c3nnc(-c4ccc(C(=O)NC5C[C@@H](O)CNC(=O)[C@@H]6[C@@H](O)[C@@H](C)CN6C(=O)[C@H]([C@H](O)CCN)NC(=O)[C@H]([C@H](O)Cc6ccc(O)c(OCCCN)c6)NC(=O)[C@@H]6C[C@@H](O)CN6C(=O)[C@H]([C@@H](C)O)NC5=O)cc4)s3)cc2)CC1. The summed E-state index contributed by atoms with van der Waals surface area (Å²) < 4.78 is 11.7. The van der Waals surface area contributed by atoms with Gasteiger partial charge >= 0.3 is 0 Å². The number of nitrogens with one attached hydrogen (secondary N) is 5. The third-order valence-electron chi connectivity index (χ3n) is 17.9. The van der Waals surface area contributed by atoms with Crippen LogP contribution in [0.4, 0.5) is 5.69 Å². The number of hydrogen-bond acceptors (Lipinski definition) is 22. The Balaban J connectivity index is 0.952. The molecule has 5 aromatic rings. The van der Waals surface area contributed by atoms with Gasteiger partial charge in [-0.1, -0.05) is 60.2 Å². The van der Waals surface area contributed by atoms with Gasteiger partial charge in [-0.3, -0.25) is 33.6 Å². The first-order valence-corrected chi connectivity index (χ1v) is 32.8. The molecule has 9 rings (SSSR count). The number of halogens is 1. The summed E-state index contributed by atoms with van der Waals surface area (Å²) in [4.78, 5) is 106. The number of aliphatic hydroxyl groups excluding tert-OH is 6. The number of fused-ring (bicyclic) bond motifs is 2. The molecule has 7 amide bonds. The Morgan fingerprint density at radius 1 is 0.758 bits per heavy atom. The minimum atomic E-state index is -2.04. The normalized spacial score (nSPS) is 25.8. The molecule has 4 aliphatic rings. The third-order valence-corrected chi connectivity index (χ3v) is 19.2.